The summed E-state index contributed by atoms with van der Waals surface area (Å²) in [5, 5.41) is 3.12. The highest BCUT2D eigenvalue weighted by Crippen LogP contribution is 2.26. The molecule has 4 nitrogen and oxygen atoms in total. The van der Waals surface area contributed by atoms with E-state index >= 15 is 0 Å². The fraction of sp³-hybridized carbons (Fsp3) is 0.933. The van der Waals surface area contributed by atoms with E-state index in [1.54, 1.807) is 0 Å². The Balaban J connectivity index is 1.78. The number of nitrogens with zero attached hydrogens (tertiary/aromatic N) is 1. The average molecular weight is 268 g/mol. The van der Waals surface area contributed by atoms with Crippen LogP contribution in [-0.4, -0.2) is 50.2 Å². The van der Waals surface area contributed by atoms with Crippen molar-refractivity contribution in [2.75, 3.05) is 33.3 Å². The average Bonchev–Trinajstić information content (AvgIpc) is 2.68. The number of carbonyl (C=O) groups excluding carboxylic acids is 1. The maximum absolute atomic E-state index is 12.4. The van der Waals surface area contributed by atoms with Crippen LogP contribution in [0.5, 0.6) is 0 Å². The summed E-state index contributed by atoms with van der Waals surface area (Å²) in [4.78, 5) is 14.4. The molecule has 1 amide bonds. The molecule has 0 spiro atoms. The lowest BCUT2D eigenvalue weighted by Crippen LogP contribution is -2.48. The minimum Gasteiger partial charge on any atom is -0.373 e. The second kappa shape index (κ2) is 7.85. The maximum Gasteiger partial charge on any atom is 0.223 e. The highest BCUT2D eigenvalue weighted by atomic mass is 16.5. The first-order valence-electron chi connectivity index (χ1n) is 7.83. The molecule has 0 aromatic carbocycles. The van der Waals surface area contributed by atoms with E-state index < -0.39 is 0 Å². The van der Waals surface area contributed by atoms with Gasteiger partial charge < -0.3 is 15.0 Å². The minimum absolute atomic E-state index is 0.164. The van der Waals surface area contributed by atoms with Gasteiger partial charge in [-0.2, -0.15) is 0 Å². The molecular formula is C15H28N2O2. The third-order valence-corrected chi connectivity index (χ3v) is 4.36. The van der Waals surface area contributed by atoms with Crippen LogP contribution in [0.15, 0.2) is 0 Å². The molecule has 19 heavy (non-hydrogen) atoms. The third kappa shape index (κ3) is 4.77. The van der Waals surface area contributed by atoms with Gasteiger partial charge >= 0.3 is 0 Å². The fourth-order valence-corrected chi connectivity index (χ4v) is 3.24. The van der Waals surface area contributed by atoms with Crippen molar-refractivity contribution in [3.63, 3.8) is 0 Å². The standard InChI is InChI=1S/C15H28N2O2/c1-16-11-14-12-17(8-9-19-14)15(18)10-13-6-4-2-3-5-7-13/h13-14,16H,2-12H2,1H3. The Morgan fingerprint density at radius 3 is 2.68 bits per heavy atom. The molecule has 1 saturated heterocycles. The van der Waals surface area contributed by atoms with Crippen molar-refractivity contribution in [2.24, 2.45) is 5.92 Å². The van der Waals surface area contributed by atoms with Gasteiger partial charge in [0.05, 0.1) is 12.7 Å². The molecule has 1 saturated carbocycles. The molecule has 1 atom stereocenters. The molecule has 1 unspecified atom stereocenters. The normalized spacial score (nSPS) is 26.2. The zero-order valence-corrected chi connectivity index (χ0v) is 12.2. The van der Waals surface area contributed by atoms with Crippen molar-refractivity contribution in [3.8, 4) is 0 Å². The van der Waals surface area contributed by atoms with Crippen LogP contribution in [-0.2, 0) is 9.53 Å². The Kier molecular flexibility index (Phi) is 6.11. The van der Waals surface area contributed by atoms with Gasteiger partial charge in [0.15, 0.2) is 0 Å². The quantitative estimate of drug-likeness (QED) is 0.790. The second-order valence-corrected chi connectivity index (χ2v) is 5.95. The van der Waals surface area contributed by atoms with Crippen molar-refractivity contribution in [1.82, 2.24) is 10.2 Å². The van der Waals surface area contributed by atoms with Crippen LogP contribution < -0.4 is 5.32 Å². The number of ether oxygens (including phenoxy) is 1. The van der Waals surface area contributed by atoms with E-state index in [0.29, 0.717) is 18.4 Å². The summed E-state index contributed by atoms with van der Waals surface area (Å²) in [5.41, 5.74) is 0. The van der Waals surface area contributed by atoms with Gasteiger partial charge in [0, 0.05) is 26.1 Å². The highest BCUT2D eigenvalue weighted by molar-refractivity contribution is 5.76. The molecule has 0 bridgehead atoms. The molecule has 0 aromatic rings. The topological polar surface area (TPSA) is 41.6 Å². The number of carbonyl (C=O) groups is 1. The molecule has 2 rings (SSSR count). The molecule has 1 N–H and O–H groups in total. The molecule has 110 valence electrons. The van der Waals surface area contributed by atoms with Crippen LogP contribution >= 0.6 is 0 Å². The number of likely N-dealkylation sites (N-methyl/N-ethyl adjacent to an activating group) is 1. The predicted molar refractivity (Wildman–Crippen MR) is 76.1 cm³/mol. The molecule has 0 radical (unpaired) electrons. The van der Waals surface area contributed by atoms with Crippen molar-refractivity contribution in [2.45, 2.75) is 51.0 Å². The summed E-state index contributed by atoms with van der Waals surface area (Å²) < 4.78 is 5.65. The Morgan fingerprint density at radius 1 is 1.26 bits per heavy atom. The first-order valence-corrected chi connectivity index (χ1v) is 7.83. The zero-order valence-electron chi connectivity index (χ0n) is 12.2. The molecule has 2 aliphatic rings. The lowest BCUT2D eigenvalue weighted by atomic mass is 9.96. The molecule has 4 heteroatoms. The smallest absolute Gasteiger partial charge is 0.223 e. The number of nitrogens with one attached hydrogen (secondary N) is 1. The van der Waals surface area contributed by atoms with E-state index in [-0.39, 0.29) is 6.10 Å². The van der Waals surface area contributed by atoms with Gasteiger partial charge in [0.1, 0.15) is 0 Å². The first kappa shape index (κ1) is 14.8. The van der Waals surface area contributed by atoms with E-state index in [1.165, 1.54) is 38.5 Å². The van der Waals surface area contributed by atoms with Gasteiger partial charge in [-0.15, -0.1) is 0 Å². The van der Waals surface area contributed by atoms with Crippen LogP contribution in [0.4, 0.5) is 0 Å². The third-order valence-electron chi connectivity index (χ3n) is 4.36. The molecule has 0 aromatic heterocycles. The van der Waals surface area contributed by atoms with Crippen LogP contribution in [0.2, 0.25) is 0 Å². The van der Waals surface area contributed by atoms with E-state index in [1.807, 2.05) is 11.9 Å². The first-order chi connectivity index (χ1) is 9.29. The van der Waals surface area contributed by atoms with Crippen molar-refractivity contribution < 1.29 is 9.53 Å². The van der Waals surface area contributed by atoms with Crippen molar-refractivity contribution >= 4 is 5.91 Å². The largest absolute Gasteiger partial charge is 0.373 e. The van der Waals surface area contributed by atoms with Gasteiger partial charge in [0.2, 0.25) is 5.91 Å². The van der Waals surface area contributed by atoms with Crippen molar-refractivity contribution in [1.29, 1.82) is 0 Å². The van der Waals surface area contributed by atoms with Gasteiger partial charge in [-0.25, -0.2) is 0 Å². The Morgan fingerprint density at radius 2 is 2.00 bits per heavy atom. The summed E-state index contributed by atoms with van der Waals surface area (Å²) in [6.45, 7) is 3.04. The van der Waals surface area contributed by atoms with Crippen LogP contribution in [0.3, 0.4) is 0 Å². The summed E-state index contributed by atoms with van der Waals surface area (Å²) in [6.07, 6.45) is 8.74. The van der Waals surface area contributed by atoms with Gasteiger partial charge in [-0.05, 0) is 25.8 Å². The number of rotatable bonds is 4. The summed E-state index contributed by atoms with van der Waals surface area (Å²) in [5.74, 6) is 0.969. The SMILES string of the molecule is CNCC1CN(C(=O)CC2CCCCCC2)CCO1. The second-order valence-electron chi connectivity index (χ2n) is 5.95. The maximum atomic E-state index is 12.4. The van der Waals surface area contributed by atoms with Crippen LogP contribution in [0, 0.1) is 5.92 Å². The molecule has 1 heterocycles. The van der Waals surface area contributed by atoms with Gasteiger partial charge in [-0.1, -0.05) is 25.7 Å². The lowest BCUT2D eigenvalue weighted by molar-refractivity contribution is -0.139. The monoisotopic (exact) mass is 268 g/mol. The van der Waals surface area contributed by atoms with Gasteiger partial charge in [-0.3, -0.25) is 4.79 Å². The predicted octanol–water partition coefficient (Wildman–Crippen LogP) is 1.79. The van der Waals surface area contributed by atoms with E-state index in [9.17, 15) is 4.79 Å². The molecule has 2 fully saturated rings. The number of hydrogen-bond donors (Lipinski definition) is 1. The highest BCUT2D eigenvalue weighted by Gasteiger charge is 2.25. The lowest BCUT2D eigenvalue weighted by Gasteiger charge is -2.33. The van der Waals surface area contributed by atoms with E-state index in [4.69, 9.17) is 4.74 Å². The summed E-state index contributed by atoms with van der Waals surface area (Å²) in [6, 6.07) is 0. The molecule has 1 aliphatic heterocycles. The van der Waals surface area contributed by atoms with E-state index in [2.05, 4.69) is 5.32 Å². The number of hydrogen-bond acceptors (Lipinski definition) is 3. The Hall–Kier alpha value is -0.610. The fourth-order valence-electron chi connectivity index (χ4n) is 3.24. The van der Waals surface area contributed by atoms with E-state index in [0.717, 1.165) is 26.1 Å². The zero-order chi connectivity index (χ0) is 13.5. The van der Waals surface area contributed by atoms with Crippen LogP contribution in [0.25, 0.3) is 0 Å². The summed E-state index contributed by atoms with van der Waals surface area (Å²) >= 11 is 0. The summed E-state index contributed by atoms with van der Waals surface area (Å²) in [7, 11) is 1.93. The number of morpholine rings is 1. The van der Waals surface area contributed by atoms with Crippen molar-refractivity contribution in [3.05, 3.63) is 0 Å². The van der Waals surface area contributed by atoms with Crippen LogP contribution in [0.1, 0.15) is 44.9 Å². The Labute approximate surface area is 116 Å². The minimum atomic E-state index is 0.164. The molecule has 1 aliphatic carbocycles. The number of amides is 1. The Bertz CT molecular complexity index is 273. The van der Waals surface area contributed by atoms with Gasteiger partial charge in [0.25, 0.3) is 0 Å². The molecular weight excluding hydrogens is 240 g/mol.